The average molecular weight is 551 g/mol. The summed E-state index contributed by atoms with van der Waals surface area (Å²) in [7, 11) is 4.43. The summed E-state index contributed by atoms with van der Waals surface area (Å²) in [4.78, 5) is 68.3. The van der Waals surface area contributed by atoms with Gasteiger partial charge in [0.05, 0.1) is 36.7 Å². The summed E-state index contributed by atoms with van der Waals surface area (Å²) < 4.78 is 5.22. The second-order valence-corrected chi connectivity index (χ2v) is 11.0. The average Bonchev–Trinajstić information content (AvgIpc) is 2.90. The van der Waals surface area contributed by atoms with Gasteiger partial charge in [-0.3, -0.25) is 28.9 Å². The first-order valence-electron chi connectivity index (χ1n) is 12.8. The van der Waals surface area contributed by atoms with Crippen molar-refractivity contribution in [1.29, 1.82) is 0 Å². The van der Waals surface area contributed by atoms with E-state index in [1.54, 1.807) is 36.4 Å². The van der Waals surface area contributed by atoms with E-state index in [4.69, 9.17) is 10.5 Å². The predicted molar refractivity (Wildman–Crippen MR) is 138 cm³/mol. The van der Waals surface area contributed by atoms with E-state index in [-0.39, 0.29) is 17.7 Å². The van der Waals surface area contributed by atoms with Crippen molar-refractivity contribution < 1.29 is 44.0 Å². The first-order valence-corrected chi connectivity index (χ1v) is 12.8. The molecule has 0 aromatic heterocycles. The summed E-state index contributed by atoms with van der Waals surface area (Å²) in [5.41, 5.74) is 3.33. The van der Waals surface area contributed by atoms with E-state index in [1.165, 1.54) is 32.2 Å². The number of aliphatic hydroxyl groups is 2. The van der Waals surface area contributed by atoms with Crippen LogP contribution in [-0.2, 0) is 25.6 Å². The summed E-state index contributed by atoms with van der Waals surface area (Å²) in [5, 5.41) is 34.4. The summed E-state index contributed by atoms with van der Waals surface area (Å²) in [5.74, 6) is -13.0. The molecular formula is C29H30N2O9. The molecule has 3 aliphatic rings. The number of aromatic hydroxyl groups is 1. The second-order valence-electron chi connectivity index (χ2n) is 11.0. The van der Waals surface area contributed by atoms with E-state index in [1.807, 2.05) is 0 Å². The fraction of sp³-hybridized carbons (Fsp3) is 0.414. The molecule has 11 heteroatoms. The Hall–Kier alpha value is -3.93. The van der Waals surface area contributed by atoms with Crippen LogP contribution in [0, 0.1) is 23.7 Å². The number of phenolic OH excluding ortho intramolecular Hbond substituents is 1. The van der Waals surface area contributed by atoms with Gasteiger partial charge in [0.1, 0.15) is 11.5 Å². The topological polar surface area (TPSA) is 185 Å². The van der Waals surface area contributed by atoms with Gasteiger partial charge in [0, 0.05) is 5.92 Å². The molecule has 0 aliphatic heterocycles. The number of amides is 1. The van der Waals surface area contributed by atoms with E-state index in [0.29, 0.717) is 11.3 Å². The number of rotatable bonds is 5. The molecule has 2 fully saturated rings. The predicted octanol–water partition coefficient (Wildman–Crippen LogP) is -0.370. The number of benzene rings is 2. The van der Waals surface area contributed by atoms with E-state index in [0.717, 1.165) is 5.56 Å². The number of fused-ring (bicyclic) bond motifs is 3. The molecule has 0 saturated heterocycles. The van der Waals surface area contributed by atoms with Gasteiger partial charge < -0.3 is 25.8 Å². The van der Waals surface area contributed by atoms with Crippen LogP contribution in [0.15, 0.2) is 42.5 Å². The maximum atomic E-state index is 14.1. The third-order valence-corrected chi connectivity index (χ3v) is 8.76. The van der Waals surface area contributed by atoms with Gasteiger partial charge in [0.2, 0.25) is 5.91 Å². The molecule has 2 aromatic carbocycles. The number of likely N-dealkylation sites (N-methyl/N-ethyl adjacent to an activating group) is 1. The third kappa shape index (κ3) is 3.72. The van der Waals surface area contributed by atoms with Crippen LogP contribution < -0.4 is 10.5 Å². The Kier molecular flexibility index (Phi) is 6.64. The Morgan fingerprint density at radius 2 is 1.70 bits per heavy atom. The number of nitrogens with zero attached hydrogens (tertiary/aromatic N) is 1. The first kappa shape index (κ1) is 27.6. The van der Waals surface area contributed by atoms with Crippen molar-refractivity contribution in [2.75, 3.05) is 21.2 Å². The van der Waals surface area contributed by atoms with Crippen LogP contribution in [0.2, 0.25) is 0 Å². The number of carbonyl (C=O) groups excluding carboxylic acids is 5. The SMILES string of the molecule is COc1ccc(CC2c3cccc(O)c3C(=O)C3C(=O)C4(O)C(=O)C(C(N)=O)C(=O)C(N(C)C)C4C(O)C32)cc1. The highest BCUT2D eigenvalue weighted by Crippen LogP contribution is 2.55. The Bertz CT molecular complexity index is 1440. The molecule has 40 heavy (non-hydrogen) atoms. The van der Waals surface area contributed by atoms with Crippen LogP contribution in [0.25, 0.3) is 0 Å². The highest BCUT2D eigenvalue weighted by atomic mass is 16.5. The van der Waals surface area contributed by atoms with Crippen molar-refractivity contribution in [2.24, 2.45) is 29.4 Å². The van der Waals surface area contributed by atoms with Crippen molar-refractivity contribution in [2.45, 2.75) is 30.1 Å². The zero-order chi connectivity index (χ0) is 29.3. The fourth-order valence-electron chi connectivity index (χ4n) is 7.03. The number of ether oxygens (including phenoxy) is 1. The third-order valence-electron chi connectivity index (χ3n) is 8.76. The number of primary amides is 1. The van der Waals surface area contributed by atoms with Crippen molar-refractivity contribution in [3.05, 3.63) is 59.2 Å². The lowest BCUT2D eigenvalue weighted by Gasteiger charge is -2.56. The number of ketones is 4. The molecule has 5 N–H and O–H groups in total. The summed E-state index contributed by atoms with van der Waals surface area (Å²) in [6.45, 7) is 0. The Balaban J connectivity index is 1.72. The number of nitrogens with two attached hydrogens (primary N) is 1. The summed E-state index contributed by atoms with van der Waals surface area (Å²) in [6, 6.07) is 10.1. The molecule has 0 spiro atoms. The Morgan fingerprint density at radius 1 is 1.05 bits per heavy atom. The minimum absolute atomic E-state index is 0.139. The fourth-order valence-corrected chi connectivity index (χ4v) is 7.03. The maximum absolute atomic E-state index is 14.1. The number of phenols is 1. The van der Waals surface area contributed by atoms with Gasteiger partial charge in [0.15, 0.2) is 34.7 Å². The molecule has 2 aromatic rings. The van der Waals surface area contributed by atoms with Crippen molar-refractivity contribution in [3.63, 3.8) is 0 Å². The summed E-state index contributed by atoms with van der Waals surface area (Å²) >= 11 is 0. The highest BCUT2D eigenvalue weighted by Gasteiger charge is 2.73. The van der Waals surface area contributed by atoms with E-state index >= 15 is 0 Å². The molecule has 5 rings (SSSR count). The number of methoxy groups -OCH3 is 1. The maximum Gasteiger partial charge on any atom is 0.235 e. The van der Waals surface area contributed by atoms with Gasteiger partial charge in [-0.1, -0.05) is 24.3 Å². The molecular weight excluding hydrogens is 520 g/mol. The molecule has 210 valence electrons. The zero-order valence-electron chi connectivity index (χ0n) is 22.1. The molecule has 0 heterocycles. The second kappa shape index (κ2) is 9.61. The normalized spacial score (nSPS) is 33.3. The highest BCUT2D eigenvalue weighted by molar-refractivity contribution is 6.32. The van der Waals surface area contributed by atoms with Crippen LogP contribution in [0.4, 0.5) is 0 Å². The Morgan fingerprint density at radius 3 is 2.27 bits per heavy atom. The molecule has 11 nitrogen and oxygen atoms in total. The van der Waals surface area contributed by atoms with Crippen molar-refractivity contribution in [1.82, 2.24) is 4.90 Å². The lowest BCUT2D eigenvalue weighted by molar-refractivity contribution is -0.197. The van der Waals surface area contributed by atoms with Gasteiger partial charge >= 0.3 is 0 Å². The van der Waals surface area contributed by atoms with E-state index in [9.17, 15) is 39.3 Å². The Labute approximate surface area is 229 Å². The molecule has 2 saturated carbocycles. The van der Waals surface area contributed by atoms with Gasteiger partial charge in [-0.25, -0.2) is 0 Å². The van der Waals surface area contributed by atoms with Crippen LogP contribution in [-0.4, -0.2) is 88.2 Å². The van der Waals surface area contributed by atoms with E-state index in [2.05, 4.69) is 0 Å². The van der Waals surface area contributed by atoms with Crippen LogP contribution in [0.3, 0.4) is 0 Å². The first-order chi connectivity index (χ1) is 18.9. The van der Waals surface area contributed by atoms with Crippen LogP contribution in [0.5, 0.6) is 11.5 Å². The van der Waals surface area contributed by atoms with Gasteiger partial charge in [-0.15, -0.1) is 0 Å². The molecule has 0 bridgehead atoms. The van der Waals surface area contributed by atoms with Crippen molar-refractivity contribution in [3.8, 4) is 11.5 Å². The quantitative estimate of drug-likeness (QED) is 0.358. The minimum Gasteiger partial charge on any atom is -0.507 e. The van der Waals surface area contributed by atoms with Gasteiger partial charge in [-0.2, -0.15) is 0 Å². The van der Waals surface area contributed by atoms with Crippen LogP contribution >= 0.6 is 0 Å². The number of hydrogen-bond donors (Lipinski definition) is 4. The number of carbonyl (C=O) groups is 5. The summed E-state index contributed by atoms with van der Waals surface area (Å²) in [6.07, 6.45) is -1.49. The molecule has 0 radical (unpaired) electrons. The van der Waals surface area contributed by atoms with Gasteiger partial charge in [-0.05, 0) is 55.8 Å². The number of hydrogen-bond acceptors (Lipinski definition) is 10. The number of Topliss-reactive ketones (excluding diaryl/α,β-unsaturated/α-hetero) is 4. The number of aliphatic hydroxyl groups excluding tert-OH is 1. The standard InChI is InChI=1S/C29H30N2O9/c1-31(2)22-21-24(34)18-15(11-12-7-9-13(40-3)10-8-12)14-5-4-6-16(32)17(14)23(33)19(18)26(36)29(21,39)27(37)20(25(22)35)28(30)38/h4-10,15,18-22,24,32,34,39H,11H2,1-3H3,(H2,30,38). The largest absolute Gasteiger partial charge is 0.507 e. The smallest absolute Gasteiger partial charge is 0.235 e. The molecule has 8 atom stereocenters. The minimum atomic E-state index is -3.04. The van der Waals surface area contributed by atoms with Gasteiger partial charge in [0.25, 0.3) is 0 Å². The lowest BCUT2D eigenvalue weighted by atomic mass is 9.49. The van der Waals surface area contributed by atoms with Crippen LogP contribution in [0.1, 0.15) is 27.4 Å². The molecule has 8 unspecified atom stereocenters. The van der Waals surface area contributed by atoms with Crippen molar-refractivity contribution >= 4 is 29.0 Å². The zero-order valence-corrected chi connectivity index (χ0v) is 22.1. The molecule has 3 aliphatic carbocycles. The lowest BCUT2D eigenvalue weighted by Crippen LogP contribution is -2.77. The monoisotopic (exact) mass is 550 g/mol. The molecule has 1 amide bonds. The van der Waals surface area contributed by atoms with E-state index < -0.39 is 76.4 Å².